The number of halogens is 4. The van der Waals surface area contributed by atoms with E-state index in [1.165, 1.54) is 0 Å². The molecule has 13 heteroatoms. The van der Waals surface area contributed by atoms with E-state index in [0.717, 1.165) is 0 Å². The number of phosphoric acid groups is 2. The second kappa shape index (κ2) is 13.4. The van der Waals surface area contributed by atoms with E-state index in [-0.39, 0.29) is 0 Å². The van der Waals surface area contributed by atoms with Crippen LogP contribution in [0.1, 0.15) is 27.7 Å². The first-order valence-electron chi connectivity index (χ1n) is 7.41. The topological polar surface area (TPSA) is 80.3 Å². The van der Waals surface area contributed by atoms with E-state index in [2.05, 4.69) is 63.7 Å². The molecule has 0 aliphatic rings. The van der Waals surface area contributed by atoms with Gasteiger partial charge in [-0.25, -0.2) is 9.13 Å². The summed E-state index contributed by atoms with van der Waals surface area (Å²) in [5.74, 6) is 0. The van der Waals surface area contributed by atoms with Crippen molar-refractivity contribution in [1.29, 1.82) is 0 Å². The minimum absolute atomic E-state index is 0.383. The van der Waals surface area contributed by atoms with Crippen LogP contribution in [0.4, 0.5) is 0 Å². The van der Waals surface area contributed by atoms with Crippen molar-refractivity contribution in [2.75, 3.05) is 21.3 Å². The molecule has 0 spiro atoms. The maximum Gasteiger partial charge on any atom is 0.484 e. The molecular weight excluding hydrogens is 638 g/mol. The molecule has 0 aromatic carbocycles. The van der Waals surface area contributed by atoms with Crippen molar-refractivity contribution in [3.63, 3.8) is 0 Å². The molecule has 0 saturated carbocycles. The van der Waals surface area contributed by atoms with Crippen molar-refractivity contribution >= 4 is 79.4 Å². The first kappa shape index (κ1) is 27.2. The Morgan fingerprint density at radius 2 is 0.800 bits per heavy atom. The smallest absolute Gasteiger partial charge is 0.283 e. The summed E-state index contributed by atoms with van der Waals surface area (Å²) in [5, 5.41) is 1.53. The Morgan fingerprint density at radius 3 is 0.960 bits per heavy atom. The fraction of sp³-hybridized carbons (Fsp3) is 1.00. The van der Waals surface area contributed by atoms with Crippen LogP contribution in [-0.2, 0) is 31.5 Å². The molecule has 0 aromatic heterocycles. The number of rotatable bonds is 14. The van der Waals surface area contributed by atoms with Crippen LogP contribution in [0.2, 0.25) is 0 Å². The van der Waals surface area contributed by atoms with Gasteiger partial charge in [0.25, 0.3) is 0 Å². The van der Waals surface area contributed by atoms with E-state index in [1.54, 1.807) is 27.7 Å². The third-order valence-corrected chi connectivity index (χ3v) is 10.0. The number of alkyl halides is 4. The van der Waals surface area contributed by atoms with Gasteiger partial charge in [-0.2, -0.15) is 4.31 Å². The summed E-state index contributed by atoms with van der Waals surface area (Å²) < 4.78 is 52.8. The van der Waals surface area contributed by atoms with Crippen molar-refractivity contribution in [1.82, 2.24) is 0 Å². The first-order chi connectivity index (χ1) is 11.5. The van der Waals surface area contributed by atoms with E-state index in [0.29, 0.717) is 21.3 Å². The summed E-state index contributed by atoms with van der Waals surface area (Å²) in [7, 11) is -8.45. The Balaban J connectivity index is 5.54. The Morgan fingerprint density at radius 1 is 0.600 bits per heavy atom. The highest BCUT2D eigenvalue weighted by Gasteiger charge is 2.44. The molecule has 4 unspecified atom stereocenters. The van der Waals surface area contributed by atoms with Crippen LogP contribution < -0.4 is 0 Å². The average molecular weight is 662 g/mol. The predicted molar refractivity (Wildman–Crippen MR) is 114 cm³/mol. The van der Waals surface area contributed by atoms with Crippen LogP contribution >= 0.6 is 79.4 Å². The average Bonchev–Trinajstić information content (AvgIpc) is 2.52. The van der Waals surface area contributed by atoms with Crippen LogP contribution in [0.3, 0.4) is 0 Å². The zero-order valence-corrected chi connectivity index (χ0v) is 22.5. The van der Waals surface area contributed by atoms with Crippen molar-refractivity contribution in [2.24, 2.45) is 0 Å². The summed E-state index contributed by atoms with van der Waals surface area (Å²) in [4.78, 5) is 0. The Kier molecular flexibility index (Phi) is 14.6. The Labute approximate surface area is 183 Å². The van der Waals surface area contributed by atoms with Gasteiger partial charge in [0.15, 0.2) is 0 Å². The summed E-state index contributed by atoms with van der Waals surface area (Å²) in [6.45, 7) is 6.67. The molecule has 0 heterocycles. The molecule has 0 aromatic rings. The fourth-order valence-electron chi connectivity index (χ4n) is 1.24. The molecule has 0 fully saturated rings. The van der Waals surface area contributed by atoms with Crippen LogP contribution in [0.25, 0.3) is 0 Å². The third-order valence-electron chi connectivity index (χ3n) is 2.31. The van der Waals surface area contributed by atoms with Crippen molar-refractivity contribution in [3.05, 3.63) is 0 Å². The molecule has 4 atom stereocenters. The van der Waals surface area contributed by atoms with Gasteiger partial charge in [-0.05, 0) is 27.7 Å². The quantitative estimate of drug-likeness (QED) is 0.157. The van der Waals surface area contributed by atoms with Gasteiger partial charge < -0.3 is 0 Å². The van der Waals surface area contributed by atoms with Crippen LogP contribution in [-0.4, -0.2) is 45.7 Å². The monoisotopic (exact) mass is 658 g/mol. The molecule has 0 aliphatic heterocycles. The molecule has 0 rings (SSSR count). The first-order valence-corrected chi connectivity index (χ1v) is 14.8. The summed E-state index contributed by atoms with van der Waals surface area (Å²) in [5.41, 5.74) is 0. The second-order valence-electron chi connectivity index (χ2n) is 5.26. The lowest BCUT2D eigenvalue weighted by Gasteiger charge is -2.28. The van der Waals surface area contributed by atoms with Crippen LogP contribution in [0.15, 0.2) is 0 Å². The van der Waals surface area contributed by atoms with Gasteiger partial charge in [0, 0.05) is 21.3 Å². The number of hydrogen-bond acceptors (Lipinski definition) is 7. The standard InChI is InChI=1S/C12H24Br4O7P2/c1-9(5-13)19-24(17,20-10(2)6-14)23-25(18,21-11(3)7-15)22-12(4)8-16/h9-12H,5-8H2,1-4H3. The molecule has 0 amide bonds. The maximum atomic E-state index is 13.0. The normalized spacial score (nSPS) is 21.8. The largest absolute Gasteiger partial charge is 0.484 e. The molecule has 0 saturated heterocycles. The number of hydrogen-bond donors (Lipinski definition) is 0. The van der Waals surface area contributed by atoms with Gasteiger partial charge in [-0.1, -0.05) is 63.7 Å². The molecule has 0 N–H and O–H groups in total. The zero-order chi connectivity index (χ0) is 19.7. The molecule has 0 aliphatic carbocycles. The highest BCUT2D eigenvalue weighted by Crippen LogP contribution is 2.67. The second-order valence-corrected chi connectivity index (χ2v) is 11.1. The highest BCUT2D eigenvalue weighted by atomic mass is 79.9. The van der Waals surface area contributed by atoms with Crippen LogP contribution in [0.5, 0.6) is 0 Å². The molecule has 7 nitrogen and oxygen atoms in total. The van der Waals surface area contributed by atoms with Crippen molar-refractivity contribution in [2.45, 2.75) is 52.1 Å². The Hall–Kier alpha value is 2.18. The Bertz CT molecular complexity index is 399. The molecule has 152 valence electrons. The SMILES string of the molecule is CC(CBr)OP(=O)(OC(C)CBr)OP(=O)(OC(C)CBr)OC(C)CBr. The van der Waals surface area contributed by atoms with Gasteiger partial charge in [0.05, 0.1) is 24.4 Å². The van der Waals surface area contributed by atoms with Gasteiger partial charge in [0.2, 0.25) is 0 Å². The lowest BCUT2D eigenvalue weighted by Crippen LogP contribution is -2.19. The molecular formula is C12H24Br4O7P2. The number of phosphoric ester groups is 2. The highest BCUT2D eigenvalue weighted by molar-refractivity contribution is 9.09. The maximum absolute atomic E-state index is 13.0. The van der Waals surface area contributed by atoms with E-state index in [1.807, 2.05) is 0 Å². The van der Waals surface area contributed by atoms with E-state index < -0.39 is 40.1 Å². The predicted octanol–water partition coefficient (Wildman–Crippen LogP) is 6.42. The minimum atomic E-state index is -4.22. The van der Waals surface area contributed by atoms with Gasteiger partial charge in [-0.3, -0.25) is 18.1 Å². The van der Waals surface area contributed by atoms with E-state index in [9.17, 15) is 9.13 Å². The molecule has 0 bridgehead atoms. The van der Waals surface area contributed by atoms with Crippen LogP contribution in [0, 0.1) is 0 Å². The van der Waals surface area contributed by atoms with Gasteiger partial charge in [0.1, 0.15) is 0 Å². The summed E-state index contributed by atoms with van der Waals surface area (Å²) in [6.07, 6.45) is -2.04. The van der Waals surface area contributed by atoms with Crippen molar-refractivity contribution in [3.8, 4) is 0 Å². The molecule has 25 heavy (non-hydrogen) atoms. The molecule has 0 radical (unpaired) electrons. The van der Waals surface area contributed by atoms with E-state index in [4.69, 9.17) is 22.4 Å². The van der Waals surface area contributed by atoms with Gasteiger partial charge >= 0.3 is 15.6 Å². The summed E-state index contributed by atoms with van der Waals surface area (Å²) >= 11 is 12.9. The zero-order valence-electron chi connectivity index (χ0n) is 14.4. The third kappa shape index (κ3) is 11.7. The summed E-state index contributed by atoms with van der Waals surface area (Å²) in [6, 6.07) is 0. The van der Waals surface area contributed by atoms with Crippen molar-refractivity contribution < 1.29 is 31.5 Å². The van der Waals surface area contributed by atoms with Gasteiger partial charge in [-0.15, -0.1) is 0 Å². The lowest BCUT2D eigenvalue weighted by molar-refractivity contribution is 0.0661. The lowest BCUT2D eigenvalue weighted by atomic mass is 10.5. The van der Waals surface area contributed by atoms with E-state index >= 15 is 0 Å². The minimum Gasteiger partial charge on any atom is -0.283 e. The fourth-order valence-corrected chi connectivity index (χ4v) is 6.35.